The Balaban J connectivity index is 1.45. The van der Waals surface area contributed by atoms with Crippen LogP contribution in [0.15, 0.2) is 60.5 Å². The van der Waals surface area contributed by atoms with Crippen LogP contribution in [0.5, 0.6) is 0 Å². The summed E-state index contributed by atoms with van der Waals surface area (Å²) in [7, 11) is 0.318. The number of nitrogens with zero attached hydrogens (tertiary/aromatic N) is 6. The van der Waals surface area contributed by atoms with Gasteiger partial charge >= 0.3 is 0 Å². The lowest BCUT2D eigenvalue weighted by atomic mass is 10.1. The van der Waals surface area contributed by atoms with Crippen molar-refractivity contribution in [1.29, 1.82) is 0 Å². The number of aromatic nitrogens is 3. The van der Waals surface area contributed by atoms with Crippen LogP contribution in [-0.4, -0.2) is 55.3 Å². The van der Waals surface area contributed by atoms with E-state index in [4.69, 9.17) is 0 Å². The fraction of sp³-hybridized carbons (Fsp3) is 0.296. The first kappa shape index (κ1) is 24.3. The van der Waals surface area contributed by atoms with Crippen molar-refractivity contribution < 1.29 is 4.79 Å². The van der Waals surface area contributed by atoms with Crippen LogP contribution in [0, 0.1) is 17.4 Å². The van der Waals surface area contributed by atoms with Gasteiger partial charge in [0.25, 0.3) is 0 Å². The highest BCUT2D eigenvalue weighted by Gasteiger charge is 2.24. The Bertz CT molecular complexity index is 1330. The normalized spacial score (nSPS) is 15.8. The van der Waals surface area contributed by atoms with Crippen LogP contribution in [0.1, 0.15) is 12.0 Å². The Morgan fingerprint density at radius 1 is 1.23 bits per heavy atom. The van der Waals surface area contributed by atoms with E-state index in [1.807, 2.05) is 36.7 Å². The SMILES string of the molecule is C=CC(=O)N(C)c1ccc2c(N3CCC(/C=N/c4ncc(C#C[Si](C)(C)C)cn4)C3)nccc2c1. The maximum absolute atomic E-state index is 12.0. The molecular formula is C27H30N6OSi. The summed E-state index contributed by atoms with van der Waals surface area (Å²) in [5.41, 5.74) is 4.97. The second kappa shape index (κ2) is 10.2. The van der Waals surface area contributed by atoms with Gasteiger partial charge in [-0.2, -0.15) is 0 Å². The second-order valence-corrected chi connectivity index (χ2v) is 14.4. The van der Waals surface area contributed by atoms with Gasteiger partial charge in [-0.15, -0.1) is 5.54 Å². The van der Waals surface area contributed by atoms with Crippen molar-refractivity contribution in [2.75, 3.05) is 29.9 Å². The van der Waals surface area contributed by atoms with Crippen molar-refractivity contribution in [2.45, 2.75) is 26.1 Å². The average Bonchev–Trinajstić information content (AvgIpc) is 3.33. The Labute approximate surface area is 207 Å². The zero-order valence-corrected chi connectivity index (χ0v) is 21.7. The molecule has 1 fully saturated rings. The second-order valence-electron chi connectivity index (χ2n) is 9.69. The van der Waals surface area contributed by atoms with Crippen LogP contribution in [0.4, 0.5) is 17.5 Å². The van der Waals surface area contributed by atoms with E-state index in [0.29, 0.717) is 5.95 Å². The maximum atomic E-state index is 12.0. The van der Waals surface area contributed by atoms with E-state index in [0.717, 1.165) is 47.4 Å². The number of hydrogen-bond donors (Lipinski definition) is 0. The van der Waals surface area contributed by atoms with E-state index in [1.54, 1.807) is 24.3 Å². The minimum atomic E-state index is -1.43. The first-order valence-corrected chi connectivity index (χ1v) is 15.2. The molecule has 2 aromatic heterocycles. The van der Waals surface area contributed by atoms with Crippen molar-refractivity contribution in [3.05, 3.63) is 61.1 Å². The Kier molecular flexibility index (Phi) is 7.08. The van der Waals surface area contributed by atoms with Crippen molar-refractivity contribution in [3.8, 4) is 11.5 Å². The number of fused-ring (bicyclic) bond motifs is 1. The lowest BCUT2D eigenvalue weighted by molar-refractivity contribution is -0.113. The van der Waals surface area contributed by atoms with Crippen LogP contribution in [0.3, 0.4) is 0 Å². The number of likely N-dealkylation sites (N-methyl/N-ethyl adjacent to an activating group) is 1. The molecule has 1 aliphatic rings. The maximum Gasteiger partial charge on any atom is 0.250 e. The summed E-state index contributed by atoms with van der Waals surface area (Å²) in [6, 6.07) is 7.95. The molecule has 1 unspecified atom stereocenters. The minimum absolute atomic E-state index is 0.140. The van der Waals surface area contributed by atoms with Crippen molar-refractivity contribution in [2.24, 2.45) is 10.9 Å². The smallest absolute Gasteiger partial charge is 0.250 e. The van der Waals surface area contributed by atoms with Gasteiger partial charge < -0.3 is 9.80 Å². The van der Waals surface area contributed by atoms with Gasteiger partial charge in [-0.1, -0.05) is 32.1 Å². The van der Waals surface area contributed by atoms with E-state index in [-0.39, 0.29) is 11.8 Å². The van der Waals surface area contributed by atoms with Crippen LogP contribution in [0.2, 0.25) is 19.6 Å². The molecule has 1 aliphatic heterocycles. The predicted molar refractivity (Wildman–Crippen MR) is 146 cm³/mol. The average molecular weight is 483 g/mol. The van der Waals surface area contributed by atoms with Crippen molar-refractivity contribution in [3.63, 3.8) is 0 Å². The summed E-state index contributed by atoms with van der Waals surface area (Å²) in [6.07, 6.45) is 9.54. The molecule has 1 saturated heterocycles. The largest absolute Gasteiger partial charge is 0.355 e. The Morgan fingerprint density at radius 3 is 2.71 bits per heavy atom. The number of carbonyl (C=O) groups excluding carboxylic acids is 1. The molecule has 1 amide bonds. The molecule has 0 aliphatic carbocycles. The molecule has 1 aromatic carbocycles. The number of rotatable bonds is 5. The molecule has 8 heteroatoms. The van der Waals surface area contributed by atoms with Gasteiger partial charge in [-0.3, -0.25) is 4.79 Å². The highest BCUT2D eigenvalue weighted by atomic mass is 28.3. The molecule has 3 heterocycles. The fourth-order valence-corrected chi connectivity index (χ4v) is 4.38. The zero-order valence-electron chi connectivity index (χ0n) is 20.7. The highest BCUT2D eigenvalue weighted by molar-refractivity contribution is 6.83. The van der Waals surface area contributed by atoms with Gasteiger partial charge in [0.1, 0.15) is 13.9 Å². The molecule has 0 bridgehead atoms. The highest BCUT2D eigenvalue weighted by Crippen LogP contribution is 2.31. The standard InChI is InChI=1S/C27H30N6OSi/c1-6-25(34)32(2)23-7-8-24-22(15-23)9-12-28-26(24)33-13-10-21(19-33)18-31-27-29-16-20(17-30-27)11-14-35(3,4)5/h6-9,12,15-18,21H,1,10,13,19H2,2-5H3/b31-18+. The van der Waals surface area contributed by atoms with E-state index < -0.39 is 8.07 Å². The first-order chi connectivity index (χ1) is 16.7. The summed E-state index contributed by atoms with van der Waals surface area (Å²) in [6.45, 7) is 11.9. The molecule has 1 atom stereocenters. The predicted octanol–water partition coefficient (Wildman–Crippen LogP) is 4.63. The van der Waals surface area contributed by atoms with Gasteiger partial charge in [0.05, 0.1) is 5.56 Å². The summed E-state index contributed by atoms with van der Waals surface area (Å²) < 4.78 is 0. The van der Waals surface area contributed by atoms with Gasteiger partial charge in [0.15, 0.2) is 0 Å². The molecule has 0 spiro atoms. The van der Waals surface area contributed by atoms with Crippen molar-refractivity contribution >= 4 is 48.4 Å². The lowest BCUT2D eigenvalue weighted by Gasteiger charge is -2.20. The molecule has 0 N–H and O–H groups in total. The van der Waals surface area contributed by atoms with Gasteiger partial charge in [-0.25, -0.2) is 19.9 Å². The molecule has 0 saturated carbocycles. The van der Waals surface area contributed by atoms with Crippen LogP contribution in [-0.2, 0) is 4.79 Å². The third-order valence-electron chi connectivity index (χ3n) is 5.76. The number of aliphatic imine (C=N–C) groups is 1. The molecule has 3 aromatic rings. The van der Waals surface area contributed by atoms with E-state index in [2.05, 4.69) is 62.5 Å². The number of amides is 1. The number of benzene rings is 1. The third-order valence-corrected chi connectivity index (χ3v) is 6.64. The summed E-state index contributed by atoms with van der Waals surface area (Å²) in [5.74, 6) is 4.72. The molecule has 4 rings (SSSR count). The monoisotopic (exact) mass is 482 g/mol. The molecular weight excluding hydrogens is 452 g/mol. The Hall–Kier alpha value is -3.83. The number of anilines is 2. The number of hydrogen-bond acceptors (Lipinski definition) is 6. The summed E-state index contributed by atoms with van der Waals surface area (Å²) in [5, 5.41) is 2.10. The molecule has 0 radical (unpaired) electrons. The van der Waals surface area contributed by atoms with Gasteiger partial charge in [0.2, 0.25) is 11.9 Å². The minimum Gasteiger partial charge on any atom is -0.355 e. The van der Waals surface area contributed by atoms with Crippen LogP contribution >= 0.6 is 0 Å². The summed E-state index contributed by atoms with van der Waals surface area (Å²) in [4.78, 5) is 33.7. The molecule has 35 heavy (non-hydrogen) atoms. The first-order valence-electron chi connectivity index (χ1n) is 11.7. The van der Waals surface area contributed by atoms with Crippen LogP contribution < -0.4 is 9.80 Å². The van der Waals surface area contributed by atoms with Crippen molar-refractivity contribution in [1.82, 2.24) is 15.0 Å². The molecule has 178 valence electrons. The lowest BCUT2D eigenvalue weighted by Crippen LogP contribution is -2.24. The van der Waals surface area contributed by atoms with E-state index >= 15 is 0 Å². The number of pyridine rings is 1. The Morgan fingerprint density at radius 2 is 2.00 bits per heavy atom. The zero-order chi connectivity index (χ0) is 25.0. The van der Waals surface area contributed by atoms with Gasteiger partial charge in [0, 0.05) is 61.9 Å². The topological polar surface area (TPSA) is 74.6 Å². The third kappa shape index (κ3) is 6.00. The van der Waals surface area contributed by atoms with Crippen LogP contribution in [0.25, 0.3) is 10.8 Å². The number of carbonyl (C=O) groups is 1. The quantitative estimate of drug-likeness (QED) is 0.229. The fourth-order valence-electron chi connectivity index (χ4n) is 3.86. The van der Waals surface area contributed by atoms with E-state index in [1.165, 1.54) is 6.08 Å². The van der Waals surface area contributed by atoms with Gasteiger partial charge in [-0.05, 0) is 42.1 Å². The van der Waals surface area contributed by atoms with E-state index in [9.17, 15) is 4.79 Å². The summed E-state index contributed by atoms with van der Waals surface area (Å²) >= 11 is 0. The molecule has 7 nitrogen and oxygen atoms in total.